The number of hydrogen-bond donors (Lipinski definition) is 1. The van der Waals surface area contributed by atoms with Gasteiger partial charge in [0, 0.05) is 21.6 Å². The highest BCUT2D eigenvalue weighted by molar-refractivity contribution is 8.00. The Kier molecular flexibility index (Phi) is 5.48. The first-order chi connectivity index (χ1) is 15.0. The molecular weight excluding hydrogens is 410 g/mol. The van der Waals surface area contributed by atoms with Crippen molar-refractivity contribution in [3.8, 4) is 0 Å². The maximum Gasteiger partial charge on any atom is 0.406 e. The third-order valence-electron chi connectivity index (χ3n) is 5.19. The number of carbonyl (C=O) groups is 3. The van der Waals surface area contributed by atoms with Crippen molar-refractivity contribution in [2.24, 2.45) is 5.73 Å². The molecule has 0 saturated heterocycles. The van der Waals surface area contributed by atoms with E-state index in [1.54, 1.807) is 19.1 Å². The first kappa shape index (κ1) is 20.6. The van der Waals surface area contributed by atoms with Crippen LogP contribution in [0.5, 0.6) is 0 Å². The molecule has 31 heavy (non-hydrogen) atoms. The monoisotopic (exact) mass is 429 g/mol. The van der Waals surface area contributed by atoms with Crippen molar-refractivity contribution in [1.82, 2.24) is 0 Å². The average Bonchev–Trinajstić information content (AvgIpc) is 2.78. The minimum absolute atomic E-state index is 0.406. The van der Waals surface area contributed by atoms with Crippen molar-refractivity contribution in [2.75, 3.05) is 0 Å². The van der Waals surface area contributed by atoms with Gasteiger partial charge in [-0.2, -0.15) is 0 Å². The Balaban J connectivity index is 1.97. The van der Waals surface area contributed by atoms with Crippen LogP contribution in [-0.2, 0) is 9.67 Å². The van der Waals surface area contributed by atoms with Gasteiger partial charge in [-0.3, -0.25) is 9.59 Å². The number of hydrogen-bond acceptors (Lipinski definition) is 5. The number of primary amides is 1. The summed E-state index contributed by atoms with van der Waals surface area (Å²) < 4.78 is 5.66. The molecule has 0 fully saturated rings. The largest absolute Gasteiger partial charge is 0.427 e. The standard InChI is InChI=1S/C25H19NO4S/c1-25(30-24(26)29,23-18(15-28)11-10-16-6-2-3-8-20(16)23)31-22-13-12-17(14-27)19-7-4-5-9-21(19)22/h2-15H,1H3,(H2,26,29). The molecular formula is C25H19NO4S. The molecule has 4 rings (SSSR count). The van der Waals surface area contributed by atoms with Crippen molar-refractivity contribution in [2.45, 2.75) is 16.8 Å². The van der Waals surface area contributed by atoms with E-state index in [0.717, 1.165) is 39.0 Å². The molecule has 0 aliphatic rings. The molecule has 0 aromatic heterocycles. The smallest absolute Gasteiger partial charge is 0.406 e. The summed E-state index contributed by atoms with van der Waals surface area (Å²) in [5.74, 6) is 0. The fourth-order valence-electron chi connectivity index (χ4n) is 3.90. The van der Waals surface area contributed by atoms with Gasteiger partial charge in [-0.05, 0) is 40.6 Å². The molecule has 4 aromatic carbocycles. The molecule has 1 amide bonds. The quantitative estimate of drug-likeness (QED) is 0.242. The predicted molar refractivity (Wildman–Crippen MR) is 123 cm³/mol. The van der Waals surface area contributed by atoms with Crippen LogP contribution >= 0.6 is 11.8 Å². The summed E-state index contributed by atoms with van der Waals surface area (Å²) in [5.41, 5.74) is 6.99. The van der Waals surface area contributed by atoms with Crippen LogP contribution in [0.15, 0.2) is 77.7 Å². The summed E-state index contributed by atoms with van der Waals surface area (Å²) >= 11 is 1.27. The summed E-state index contributed by atoms with van der Waals surface area (Å²) in [6.45, 7) is 1.72. The molecule has 6 heteroatoms. The highest BCUT2D eigenvalue weighted by atomic mass is 32.2. The van der Waals surface area contributed by atoms with E-state index in [1.807, 2.05) is 60.7 Å². The SMILES string of the molecule is CC(OC(N)=O)(Sc1ccc(C=O)c2ccccc12)c1c(C=O)ccc2ccccc12. The van der Waals surface area contributed by atoms with Gasteiger partial charge < -0.3 is 10.5 Å². The fourth-order valence-corrected chi connectivity index (χ4v) is 5.20. The molecule has 5 nitrogen and oxygen atoms in total. The van der Waals surface area contributed by atoms with Crippen LogP contribution < -0.4 is 5.73 Å². The van der Waals surface area contributed by atoms with E-state index in [1.165, 1.54) is 11.8 Å². The van der Waals surface area contributed by atoms with Gasteiger partial charge in [0.25, 0.3) is 0 Å². The lowest BCUT2D eigenvalue weighted by Crippen LogP contribution is -2.30. The zero-order valence-corrected chi connectivity index (χ0v) is 17.5. The van der Waals surface area contributed by atoms with E-state index in [4.69, 9.17) is 10.5 Å². The minimum atomic E-state index is -1.30. The second-order valence-corrected chi connectivity index (χ2v) is 8.58. The molecule has 154 valence electrons. The molecule has 1 unspecified atom stereocenters. The number of fused-ring (bicyclic) bond motifs is 2. The molecule has 0 bridgehead atoms. The zero-order valence-electron chi connectivity index (χ0n) is 16.7. The molecule has 0 heterocycles. The van der Waals surface area contributed by atoms with E-state index in [9.17, 15) is 14.4 Å². The van der Waals surface area contributed by atoms with Gasteiger partial charge in [0.2, 0.25) is 0 Å². The minimum Gasteiger partial charge on any atom is -0.427 e. The number of ether oxygens (including phenoxy) is 1. The molecule has 4 aromatic rings. The molecule has 1 atom stereocenters. The first-order valence-corrected chi connectivity index (χ1v) is 10.4. The van der Waals surface area contributed by atoms with Crippen molar-refractivity contribution < 1.29 is 19.1 Å². The number of amides is 1. The van der Waals surface area contributed by atoms with Gasteiger partial charge >= 0.3 is 6.09 Å². The Bertz CT molecular complexity index is 1330. The van der Waals surface area contributed by atoms with Crippen molar-refractivity contribution in [1.29, 1.82) is 0 Å². The van der Waals surface area contributed by atoms with E-state index < -0.39 is 11.0 Å². The lowest BCUT2D eigenvalue weighted by atomic mass is 9.95. The summed E-state index contributed by atoms with van der Waals surface area (Å²) in [6.07, 6.45) is 0.609. The Morgan fingerprint density at radius 2 is 1.45 bits per heavy atom. The van der Waals surface area contributed by atoms with Gasteiger partial charge in [-0.1, -0.05) is 72.4 Å². The lowest BCUT2D eigenvalue weighted by molar-refractivity contribution is 0.0937. The Hall–Kier alpha value is -3.64. The second-order valence-electron chi connectivity index (χ2n) is 7.15. The molecule has 0 aliphatic carbocycles. The Morgan fingerprint density at radius 1 is 0.839 bits per heavy atom. The van der Waals surface area contributed by atoms with Crippen molar-refractivity contribution >= 4 is 52.0 Å². The van der Waals surface area contributed by atoms with Gasteiger partial charge in [-0.25, -0.2) is 4.79 Å². The third kappa shape index (κ3) is 3.78. The lowest BCUT2D eigenvalue weighted by Gasteiger charge is -2.31. The fraction of sp³-hybridized carbons (Fsp3) is 0.0800. The van der Waals surface area contributed by atoms with Crippen molar-refractivity contribution in [3.63, 3.8) is 0 Å². The van der Waals surface area contributed by atoms with Crippen LogP contribution in [0.3, 0.4) is 0 Å². The van der Waals surface area contributed by atoms with Gasteiger partial charge in [0.05, 0.1) is 0 Å². The summed E-state index contributed by atoms with van der Waals surface area (Å²) in [7, 11) is 0. The highest BCUT2D eigenvalue weighted by Crippen LogP contribution is 2.48. The number of aldehydes is 2. The summed E-state index contributed by atoms with van der Waals surface area (Å²) in [6, 6.07) is 22.2. The number of benzene rings is 4. The number of thioether (sulfide) groups is 1. The van der Waals surface area contributed by atoms with Crippen molar-refractivity contribution in [3.05, 3.63) is 89.5 Å². The first-order valence-electron chi connectivity index (χ1n) is 9.58. The third-order valence-corrected chi connectivity index (χ3v) is 6.44. The van der Waals surface area contributed by atoms with Gasteiger partial charge in [0.15, 0.2) is 17.5 Å². The second kappa shape index (κ2) is 8.24. The molecule has 2 N–H and O–H groups in total. The van der Waals surface area contributed by atoms with Crippen LogP contribution in [0, 0.1) is 0 Å². The van der Waals surface area contributed by atoms with Gasteiger partial charge in [-0.15, -0.1) is 0 Å². The normalized spacial score (nSPS) is 12.9. The maximum absolute atomic E-state index is 11.9. The van der Waals surface area contributed by atoms with E-state index >= 15 is 0 Å². The van der Waals surface area contributed by atoms with Crippen LogP contribution in [0.1, 0.15) is 33.2 Å². The Morgan fingerprint density at radius 3 is 2.13 bits per heavy atom. The van der Waals surface area contributed by atoms with E-state index in [0.29, 0.717) is 16.7 Å². The van der Waals surface area contributed by atoms with Crippen LogP contribution in [-0.4, -0.2) is 18.7 Å². The molecule has 0 radical (unpaired) electrons. The molecule has 0 saturated carbocycles. The van der Waals surface area contributed by atoms with Crippen LogP contribution in [0.4, 0.5) is 4.79 Å². The van der Waals surface area contributed by atoms with Crippen LogP contribution in [0.2, 0.25) is 0 Å². The van der Waals surface area contributed by atoms with Crippen LogP contribution in [0.25, 0.3) is 21.5 Å². The zero-order chi connectivity index (χ0) is 22.0. The Labute approximate surface area is 183 Å². The number of carbonyl (C=O) groups excluding carboxylic acids is 3. The number of nitrogens with two attached hydrogens (primary N) is 1. The topological polar surface area (TPSA) is 86.5 Å². The summed E-state index contributed by atoms with van der Waals surface area (Å²) in [4.78, 5) is 34.8. The number of rotatable bonds is 6. The van der Waals surface area contributed by atoms with E-state index in [2.05, 4.69) is 0 Å². The molecule has 0 spiro atoms. The van der Waals surface area contributed by atoms with E-state index in [-0.39, 0.29) is 0 Å². The molecule has 0 aliphatic heterocycles. The maximum atomic E-state index is 11.9. The van der Waals surface area contributed by atoms with Gasteiger partial charge in [0.1, 0.15) is 0 Å². The highest BCUT2D eigenvalue weighted by Gasteiger charge is 2.36. The summed E-state index contributed by atoms with van der Waals surface area (Å²) in [5, 5.41) is 3.32. The predicted octanol–water partition coefficient (Wildman–Crippen LogP) is 5.68. The average molecular weight is 429 g/mol.